The highest BCUT2D eigenvalue weighted by molar-refractivity contribution is 6.22. The average Bonchev–Trinajstić information content (AvgIpc) is 3.31. The Morgan fingerprint density at radius 1 is 1.03 bits per heavy atom. The van der Waals surface area contributed by atoms with Crippen LogP contribution in [-0.2, 0) is 20.7 Å². The van der Waals surface area contributed by atoms with Crippen molar-refractivity contribution in [2.24, 2.45) is 0 Å². The van der Waals surface area contributed by atoms with Gasteiger partial charge >= 0.3 is 5.97 Å². The fourth-order valence-corrected chi connectivity index (χ4v) is 3.45. The number of rotatable bonds is 7. The van der Waals surface area contributed by atoms with Crippen LogP contribution in [0.3, 0.4) is 0 Å². The van der Waals surface area contributed by atoms with Crippen LogP contribution in [0.25, 0.3) is 0 Å². The van der Waals surface area contributed by atoms with E-state index in [0.29, 0.717) is 5.76 Å². The standard InChI is InChI=1S/C23H19N3O6/c1-14-11-19(25-32-14)24-20(27)13-31-23(30)18(12-15-7-3-2-4-8-15)26-21(28)16-9-5-6-10-17(16)22(26)29/h2-11,18H,12-13H2,1H3,(H,24,25,27)/t18-/m1/s1. The zero-order valence-electron chi connectivity index (χ0n) is 17.1. The Kier molecular flexibility index (Phi) is 5.80. The van der Waals surface area contributed by atoms with Crippen molar-refractivity contribution in [2.75, 3.05) is 11.9 Å². The molecule has 162 valence electrons. The first-order valence-corrected chi connectivity index (χ1v) is 9.84. The van der Waals surface area contributed by atoms with Crippen molar-refractivity contribution in [1.82, 2.24) is 10.1 Å². The molecule has 2 aromatic carbocycles. The fraction of sp³-hybridized carbons (Fsp3) is 0.174. The van der Waals surface area contributed by atoms with Crippen molar-refractivity contribution in [3.8, 4) is 0 Å². The monoisotopic (exact) mass is 433 g/mol. The first-order chi connectivity index (χ1) is 15.4. The Hall–Kier alpha value is -4.27. The Labute approximate surface area is 182 Å². The lowest BCUT2D eigenvalue weighted by Crippen LogP contribution is -2.47. The van der Waals surface area contributed by atoms with Gasteiger partial charge in [-0.25, -0.2) is 4.79 Å². The molecule has 0 fully saturated rings. The third kappa shape index (κ3) is 4.27. The molecule has 1 aromatic heterocycles. The van der Waals surface area contributed by atoms with E-state index in [-0.39, 0.29) is 23.4 Å². The molecule has 0 saturated carbocycles. The minimum absolute atomic E-state index is 0.0508. The lowest BCUT2D eigenvalue weighted by molar-refractivity contribution is -0.151. The van der Waals surface area contributed by atoms with Crippen molar-refractivity contribution in [1.29, 1.82) is 0 Å². The van der Waals surface area contributed by atoms with E-state index in [1.54, 1.807) is 43.3 Å². The molecule has 1 aliphatic rings. The van der Waals surface area contributed by atoms with Crippen molar-refractivity contribution < 1.29 is 28.4 Å². The highest BCUT2D eigenvalue weighted by Crippen LogP contribution is 2.26. The highest BCUT2D eigenvalue weighted by atomic mass is 16.5. The summed E-state index contributed by atoms with van der Waals surface area (Å²) in [6, 6.07) is 15.6. The van der Waals surface area contributed by atoms with Gasteiger partial charge in [0.25, 0.3) is 17.7 Å². The van der Waals surface area contributed by atoms with E-state index in [0.717, 1.165) is 10.5 Å². The topological polar surface area (TPSA) is 119 Å². The molecule has 0 spiro atoms. The van der Waals surface area contributed by atoms with Gasteiger partial charge in [0.1, 0.15) is 11.8 Å². The molecule has 0 bridgehead atoms. The van der Waals surface area contributed by atoms with E-state index < -0.39 is 36.3 Å². The number of carbonyl (C=O) groups excluding carboxylic acids is 4. The molecule has 32 heavy (non-hydrogen) atoms. The molecule has 4 rings (SSSR count). The van der Waals surface area contributed by atoms with Gasteiger partial charge in [0.05, 0.1) is 11.1 Å². The molecule has 2 heterocycles. The lowest BCUT2D eigenvalue weighted by Gasteiger charge is -2.24. The van der Waals surface area contributed by atoms with Crippen LogP contribution < -0.4 is 5.32 Å². The Balaban J connectivity index is 1.52. The minimum Gasteiger partial charge on any atom is -0.454 e. The number of ether oxygens (including phenoxy) is 1. The lowest BCUT2D eigenvalue weighted by atomic mass is 10.0. The van der Waals surface area contributed by atoms with Crippen LogP contribution in [0.4, 0.5) is 5.82 Å². The maximum atomic E-state index is 13.0. The van der Waals surface area contributed by atoms with Gasteiger partial charge in [0.2, 0.25) is 0 Å². The second-order valence-corrected chi connectivity index (χ2v) is 7.21. The fourth-order valence-electron chi connectivity index (χ4n) is 3.45. The molecule has 0 unspecified atom stereocenters. The van der Waals surface area contributed by atoms with Gasteiger partial charge in [0, 0.05) is 12.5 Å². The summed E-state index contributed by atoms with van der Waals surface area (Å²) in [6.45, 7) is 1.05. The zero-order valence-corrected chi connectivity index (χ0v) is 17.1. The van der Waals surface area contributed by atoms with Gasteiger partial charge in [-0.3, -0.25) is 19.3 Å². The van der Waals surface area contributed by atoms with Crippen molar-refractivity contribution in [2.45, 2.75) is 19.4 Å². The molecule has 1 atom stereocenters. The number of nitrogens with one attached hydrogen (secondary N) is 1. The summed E-state index contributed by atoms with van der Waals surface area (Å²) in [5.41, 5.74) is 1.18. The molecule has 0 radical (unpaired) electrons. The van der Waals surface area contributed by atoms with E-state index in [1.165, 1.54) is 18.2 Å². The smallest absolute Gasteiger partial charge is 0.330 e. The summed E-state index contributed by atoms with van der Waals surface area (Å²) in [7, 11) is 0. The molecule has 9 nitrogen and oxygen atoms in total. The predicted octanol–water partition coefficient (Wildman–Crippen LogP) is 2.37. The summed E-state index contributed by atoms with van der Waals surface area (Å²) >= 11 is 0. The Bertz CT molecular complexity index is 1150. The number of benzene rings is 2. The van der Waals surface area contributed by atoms with Crippen LogP contribution in [0.15, 0.2) is 65.2 Å². The third-order valence-electron chi connectivity index (χ3n) is 4.92. The van der Waals surface area contributed by atoms with Gasteiger partial charge in [-0.15, -0.1) is 0 Å². The number of fused-ring (bicyclic) bond motifs is 1. The second-order valence-electron chi connectivity index (χ2n) is 7.21. The van der Waals surface area contributed by atoms with Gasteiger partial charge in [-0.1, -0.05) is 47.6 Å². The number of nitrogens with zero attached hydrogens (tertiary/aromatic N) is 2. The molecular weight excluding hydrogens is 414 g/mol. The quantitative estimate of drug-likeness (QED) is 0.449. The van der Waals surface area contributed by atoms with E-state index in [2.05, 4.69) is 10.5 Å². The maximum absolute atomic E-state index is 13.0. The Morgan fingerprint density at radius 2 is 1.66 bits per heavy atom. The molecule has 9 heteroatoms. The number of hydrogen-bond acceptors (Lipinski definition) is 7. The van der Waals surface area contributed by atoms with Crippen LogP contribution in [-0.4, -0.2) is 46.4 Å². The number of amides is 3. The highest BCUT2D eigenvalue weighted by Gasteiger charge is 2.43. The van der Waals surface area contributed by atoms with Gasteiger partial charge < -0.3 is 14.6 Å². The number of imide groups is 1. The molecule has 3 amide bonds. The summed E-state index contributed by atoms with van der Waals surface area (Å²) in [6.07, 6.45) is 0.0508. The number of carbonyl (C=O) groups is 4. The predicted molar refractivity (Wildman–Crippen MR) is 112 cm³/mol. The third-order valence-corrected chi connectivity index (χ3v) is 4.92. The van der Waals surface area contributed by atoms with Gasteiger partial charge in [-0.2, -0.15) is 0 Å². The van der Waals surface area contributed by atoms with E-state index in [9.17, 15) is 19.2 Å². The molecule has 0 aliphatic carbocycles. The van der Waals surface area contributed by atoms with Crippen molar-refractivity contribution in [3.63, 3.8) is 0 Å². The van der Waals surface area contributed by atoms with Crippen molar-refractivity contribution >= 4 is 29.5 Å². The number of esters is 1. The molecule has 1 N–H and O–H groups in total. The maximum Gasteiger partial charge on any atom is 0.330 e. The Morgan fingerprint density at radius 3 is 2.25 bits per heavy atom. The molecule has 0 saturated heterocycles. The van der Waals surface area contributed by atoms with Crippen LogP contribution in [0.2, 0.25) is 0 Å². The number of anilines is 1. The number of hydrogen-bond donors (Lipinski definition) is 1. The van der Waals surface area contributed by atoms with E-state index >= 15 is 0 Å². The average molecular weight is 433 g/mol. The zero-order chi connectivity index (χ0) is 22.7. The summed E-state index contributed by atoms with van der Waals surface area (Å²) in [4.78, 5) is 51.8. The number of aryl methyl sites for hydroxylation is 1. The first kappa shape index (κ1) is 21.0. The van der Waals surface area contributed by atoms with Crippen LogP contribution in [0.1, 0.15) is 32.0 Å². The largest absolute Gasteiger partial charge is 0.454 e. The molecule has 1 aliphatic heterocycles. The summed E-state index contributed by atoms with van der Waals surface area (Å²) in [5, 5.41) is 6.07. The van der Waals surface area contributed by atoms with Crippen LogP contribution in [0.5, 0.6) is 0 Å². The van der Waals surface area contributed by atoms with Gasteiger partial charge in [-0.05, 0) is 24.6 Å². The van der Waals surface area contributed by atoms with Gasteiger partial charge in [0.15, 0.2) is 12.4 Å². The van der Waals surface area contributed by atoms with E-state index in [4.69, 9.17) is 9.26 Å². The SMILES string of the molecule is Cc1cc(NC(=O)COC(=O)[C@@H](Cc2ccccc2)N2C(=O)c3ccccc3C2=O)no1. The van der Waals surface area contributed by atoms with E-state index in [1.807, 2.05) is 6.07 Å². The summed E-state index contributed by atoms with van der Waals surface area (Å²) in [5.74, 6) is -1.96. The molecular formula is C23H19N3O6. The summed E-state index contributed by atoms with van der Waals surface area (Å²) < 4.78 is 10.0. The molecule has 3 aromatic rings. The number of aromatic nitrogens is 1. The van der Waals surface area contributed by atoms with Crippen LogP contribution in [0, 0.1) is 6.92 Å². The first-order valence-electron chi connectivity index (χ1n) is 9.84. The normalized spacial score (nSPS) is 13.6. The van der Waals surface area contributed by atoms with Crippen LogP contribution >= 0.6 is 0 Å². The minimum atomic E-state index is -1.23. The van der Waals surface area contributed by atoms with Crippen molar-refractivity contribution in [3.05, 3.63) is 83.1 Å². The second kappa shape index (κ2) is 8.84.